The van der Waals surface area contributed by atoms with Gasteiger partial charge < -0.3 is 19.3 Å². The zero-order chi connectivity index (χ0) is 55.1. The van der Waals surface area contributed by atoms with Gasteiger partial charge in [-0.1, -0.05) is 173 Å². The van der Waals surface area contributed by atoms with Gasteiger partial charge in [-0.15, -0.1) is 0 Å². The largest absolute Gasteiger partial charge is 0.469 e. The molecule has 2 aliphatic carbocycles. The van der Waals surface area contributed by atoms with Gasteiger partial charge >= 0.3 is 11.9 Å². The van der Waals surface area contributed by atoms with Gasteiger partial charge in [-0.3, -0.25) is 9.59 Å². The van der Waals surface area contributed by atoms with Crippen LogP contribution in [-0.2, 0) is 42.7 Å². The van der Waals surface area contributed by atoms with E-state index in [1.165, 1.54) is 69.9 Å². The molecule has 80 heavy (non-hydrogen) atoms. The van der Waals surface area contributed by atoms with Gasteiger partial charge in [-0.25, -0.2) is 0 Å². The van der Waals surface area contributed by atoms with Gasteiger partial charge in [0.2, 0.25) is 0 Å². The molecule has 0 radical (unpaired) electrons. The number of fused-ring (bicyclic) bond motifs is 6. The Balaban J connectivity index is 0.834. The number of anilines is 6. The summed E-state index contributed by atoms with van der Waals surface area (Å²) in [5.74, 6) is -0.432. The van der Waals surface area contributed by atoms with Crippen molar-refractivity contribution in [2.75, 3.05) is 24.0 Å². The molecule has 10 aromatic rings. The normalized spacial score (nSPS) is 13.1. The van der Waals surface area contributed by atoms with Gasteiger partial charge in [0.25, 0.3) is 0 Å². The fourth-order valence-electron chi connectivity index (χ4n) is 12.2. The number of methoxy groups -OCH3 is 2. The smallest absolute Gasteiger partial charge is 0.305 e. The van der Waals surface area contributed by atoms with Crippen LogP contribution < -0.4 is 9.80 Å². The van der Waals surface area contributed by atoms with E-state index in [0.717, 1.165) is 67.5 Å². The van der Waals surface area contributed by atoms with E-state index in [9.17, 15) is 9.59 Å². The molecule has 0 atom stereocenters. The van der Waals surface area contributed by atoms with E-state index in [1.54, 1.807) is 0 Å². The summed E-state index contributed by atoms with van der Waals surface area (Å²) in [5, 5.41) is 0. The second-order valence-corrected chi connectivity index (χ2v) is 22.2. The van der Waals surface area contributed by atoms with E-state index < -0.39 is 0 Å². The molecule has 2 aliphatic rings. The van der Waals surface area contributed by atoms with E-state index in [2.05, 4.69) is 268 Å². The third kappa shape index (κ3) is 9.66. The minimum atomic E-state index is -0.216. The van der Waals surface area contributed by atoms with Gasteiger partial charge in [0.1, 0.15) is 0 Å². The molecule has 6 nitrogen and oxygen atoms in total. The van der Waals surface area contributed by atoms with E-state index >= 15 is 0 Å². The Morgan fingerprint density at radius 3 is 0.900 bits per heavy atom. The first kappa shape index (κ1) is 51.5. The molecule has 6 heteroatoms. The molecule has 394 valence electrons. The number of carbonyl (C=O) groups excluding carboxylic acids is 2. The van der Waals surface area contributed by atoms with Crippen molar-refractivity contribution in [2.45, 2.75) is 64.2 Å². The maximum absolute atomic E-state index is 12.0. The lowest BCUT2D eigenvalue weighted by Gasteiger charge is -2.27. The second kappa shape index (κ2) is 21.2. The van der Waals surface area contributed by atoms with E-state index in [1.807, 2.05) is 0 Å². The summed E-state index contributed by atoms with van der Waals surface area (Å²) in [5.41, 5.74) is 25.8. The van der Waals surface area contributed by atoms with E-state index in [0.29, 0.717) is 25.7 Å². The Bertz CT molecular complexity index is 3650. The predicted molar refractivity (Wildman–Crippen MR) is 328 cm³/mol. The van der Waals surface area contributed by atoms with Gasteiger partial charge in [0.15, 0.2) is 0 Å². The van der Waals surface area contributed by atoms with E-state index in [4.69, 9.17) is 9.47 Å². The fraction of sp³-hybridized carbons (Fsp3) is 0.162. The summed E-state index contributed by atoms with van der Waals surface area (Å²) in [6.07, 6.45) is 1.88. The molecule has 0 heterocycles. The van der Waals surface area contributed by atoms with Crippen molar-refractivity contribution in [1.82, 2.24) is 0 Å². The Labute approximate surface area is 470 Å². The van der Waals surface area contributed by atoms with Crippen LogP contribution in [0.3, 0.4) is 0 Å². The number of hydrogen-bond donors (Lipinski definition) is 0. The van der Waals surface area contributed by atoms with Gasteiger partial charge in [-0.05, 0) is 187 Å². The fourth-order valence-corrected chi connectivity index (χ4v) is 12.2. The topological polar surface area (TPSA) is 59.1 Å². The number of carbonyl (C=O) groups is 2. The third-order valence-corrected chi connectivity index (χ3v) is 16.7. The minimum absolute atomic E-state index is 0.0808. The monoisotopic (exact) mass is 1040 g/mol. The van der Waals surface area contributed by atoms with Crippen molar-refractivity contribution >= 4 is 46.1 Å². The number of esters is 2. The van der Waals surface area contributed by atoms with Crippen LogP contribution in [0.2, 0.25) is 0 Å². The molecule has 0 spiro atoms. The molecule has 12 rings (SSSR count). The SMILES string of the molecule is COC(=O)CCc1ccc(N(c2ccc(-c3ccc(N(c4ccc(CCC(=O)OC)cc4)c4ccc(-c5ccc6c(c5)C(C)(C)c5ccccc5-6)cc4)cc3)cc2)c2ccc(-c3ccc4c(c3)C(C)(C)c3ccccc3-4)cc2)cc1. The standard InChI is InChI=1S/C74H64N2O4/c1-73(2)67-13-9-7-11-63(67)65-43-29-55(47-69(65)73)53-25-39-61(40-26-53)75(57-31-15-49(16-32-57)19-45-71(77)79-5)59-35-21-51(22-36-59)52-23-37-60(38-24-52)76(58-33-17-50(18-34-58)20-46-72(78)80-6)62-41-27-54(28-42-62)56-30-44-66-64-12-8-10-14-68(64)74(3,4)70(66)48-56/h7-18,21-44,47-48H,19-20,45-46H2,1-6H3. The lowest BCUT2D eigenvalue weighted by atomic mass is 9.81. The second-order valence-electron chi connectivity index (χ2n) is 22.2. The van der Waals surface area contributed by atoms with Crippen molar-refractivity contribution in [1.29, 1.82) is 0 Å². The summed E-state index contributed by atoms with van der Waals surface area (Å²) in [4.78, 5) is 28.6. The quantitative estimate of drug-likeness (QED) is 0.0954. The summed E-state index contributed by atoms with van der Waals surface area (Å²) in [7, 11) is 2.87. The maximum Gasteiger partial charge on any atom is 0.305 e. The highest BCUT2D eigenvalue weighted by Gasteiger charge is 2.36. The van der Waals surface area contributed by atoms with Crippen molar-refractivity contribution < 1.29 is 19.1 Å². The molecule has 0 unspecified atom stereocenters. The Hall–Kier alpha value is -9.26. The molecule has 0 saturated heterocycles. The molecule has 0 fully saturated rings. The van der Waals surface area contributed by atoms with Gasteiger partial charge in [0.05, 0.1) is 14.2 Å². The summed E-state index contributed by atoms with van der Waals surface area (Å²) in [6, 6.07) is 83.6. The van der Waals surface area contributed by atoms with Crippen LogP contribution in [0.1, 0.15) is 73.9 Å². The van der Waals surface area contributed by atoms with Crippen LogP contribution >= 0.6 is 0 Å². The number of ether oxygens (including phenoxy) is 2. The lowest BCUT2D eigenvalue weighted by molar-refractivity contribution is -0.141. The third-order valence-electron chi connectivity index (χ3n) is 16.7. The van der Waals surface area contributed by atoms with Crippen LogP contribution in [0.15, 0.2) is 231 Å². The molecule has 0 bridgehead atoms. The van der Waals surface area contributed by atoms with Crippen LogP contribution in [0.4, 0.5) is 34.1 Å². The molecule has 0 N–H and O–H groups in total. The Morgan fingerprint density at radius 1 is 0.325 bits per heavy atom. The number of hydrogen-bond acceptors (Lipinski definition) is 6. The minimum Gasteiger partial charge on any atom is -0.469 e. The lowest BCUT2D eigenvalue weighted by Crippen LogP contribution is -2.14. The van der Waals surface area contributed by atoms with Gasteiger partial charge in [-0.2, -0.15) is 0 Å². The summed E-state index contributed by atoms with van der Waals surface area (Å²) < 4.78 is 9.86. The number of benzene rings is 10. The van der Waals surface area contributed by atoms with Crippen LogP contribution in [-0.4, -0.2) is 26.2 Å². The van der Waals surface area contributed by atoms with Gasteiger partial charge in [0, 0.05) is 57.8 Å². The van der Waals surface area contributed by atoms with Crippen molar-refractivity contribution in [3.63, 3.8) is 0 Å². The molecule has 0 aliphatic heterocycles. The Morgan fingerprint density at radius 2 is 0.588 bits per heavy atom. The molecule has 0 amide bonds. The van der Waals surface area contributed by atoms with E-state index in [-0.39, 0.29) is 22.8 Å². The highest BCUT2D eigenvalue weighted by atomic mass is 16.5. The number of nitrogens with zero attached hydrogens (tertiary/aromatic N) is 2. The zero-order valence-corrected chi connectivity index (χ0v) is 46.3. The predicted octanol–water partition coefficient (Wildman–Crippen LogP) is 18.5. The molecule has 0 saturated carbocycles. The maximum atomic E-state index is 12.0. The van der Waals surface area contributed by atoms with Crippen molar-refractivity contribution in [3.8, 4) is 55.6 Å². The summed E-state index contributed by atoms with van der Waals surface area (Å²) >= 11 is 0. The highest BCUT2D eigenvalue weighted by Crippen LogP contribution is 2.51. The summed E-state index contributed by atoms with van der Waals surface area (Å²) in [6.45, 7) is 9.30. The molecule has 0 aromatic heterocycles. The molecular weight excluding hydrogens is 981 g/mol. The average molecular weight is 1050 g/mol. The zero-order valence-electron chi connectivity index (χ0n) is 46.3. The number of rotatable bonds is 15. The average Bonchev–Trinajstić information content (AvgIpc) is 4.14. The highest BCUT2D eigenvalue weighted by molar-refractivity contribution is 5.87. The van der Waals surface area contributed by atoms with Crippen LogP contribution in [0, 0.1) is 0 Å². The van der Waals surface area contributed by atoms with Crippen molar-refractivity contribution in [2.24, 2.45) is 0 Å². The first-order chi connectivity index (χ1) is 38.9. The first-order valence-electron chi connectivity index (χ1n) is 27.7. The molecule has 10 aromatic carbocycles. The first-order valence-corrected chi connectivity index (χ1v) is 27.7. The van der Waals surface area contributed by atoms with Crippen molar-refractivity contribution in [3.05, 3.63) is 264 Å². The van der Waals surface area contributed by atoms with Crippen LogP contribution in [0.5, 0.6) is 0 Å². The Kier molecular flexibility index (Phi) is 13.6. The van der Waals surface area contributed by atoms with Crippen LogP contribution in [0.25, 0.3) is 55.6 Å². The molecular formula is C74H64N2O4. The number of aryl methyl sites for hydroxylation is 2.